The SMILES string of the molecule is O=C(c1ccsc1)N1CCCN(CC(O)c2cccc(F)c2)CC1. The molecule has 1 aromatic carbocycles. The number of thiophene rings is 1. The van der Waals surface area contributed by atoms with Crippen molar-refractivity contribution in [1.82, 2.24) is 9.80 Å². The first-order chi connectivity index (χ1) is 11.6. The highest BCUT2D eigenvalue weighted by molar-refractivity contribution is 7.08. The Labute approximate surface area is 145 Å². The molecule has 1 aromatic heterocycles. The van der Waals surface area contributed by atoms with E-state index in [4.69, 9.17) is 0 Å². The molecule has 1 unspecified atom stereocenters. The number of β-amino-alcohol motifs (C(OH)–C–C–N with tert-alkyl or cyclic N) is 1. The maximum Gasteiger partial charge on any atom is 0.254 e. The lowest BCUT2D eigenvalue weighted by molar-refractivity contribution is 0.0755. The summed E-state index contributed by atoms with van der Waals surface area (Å²) in [6.45, 7) is 3.35. The van der Waals surface area contributed by atoms with Gasteiger partial charge in [-0.3, -0.25) is 9.69 Å². The fourth-order valence-electron chi connectivity index (χ4n) is 2.99. The fraction of sp³-hybridized carbons (Fsp3) is 0.389. The summed E-state index contributed by atoms with van der Waals surface area (Å²) in [7, 11) is 0. The normalized spacial score (nSPS) is 17.5. The van der Waals surface area contributed by atoms with Gasteiger partial charge in [0.2, 0.25) is 0 Å². The zero-order chi connectivity index (χ0) is 16.9. The average molecular weight is 348 g/mol. The van der Waals surface area contributed by atoms with E-state index in [2.05, 4.69) is 4.90 Å². The van der Waals surface area contributed by atoms with Gasteiger partial charge in [0, 0.05) is 38.1 Å². The minimum absolute atomic E-state index is 0.0729. The molecule has 1 amide bonds. The molecule has 3 rings (SSSR count). The molecule has 1 aliphatic rings. The Kier molecular flexibility index (Phi) is 5.60. The first kappa shape index (κ1) is 17.1. The second-order valence-electron chi connectivity index (χ2n) is 6.03. The smallest absolute Gasteiger partial charge is 0.254 e. The van der Waals surface area contributed by atoms with E-state index < -0.39 is 6.10 Å². The third kappa shape index (κ3) is 4.20. The van der Waals surface area contributed by atoms with E-state index in [1.807, 2.05) is 21.7 Å². The Bertz CT molecular complexity index is 677. The van der Waals surface area contributed by atoms with E-state index in [0.29, 0.717) is 25.2 Å². The van der Waals surface area contributed by atoms with Gasteiger partial charge in [-0.05, 0) is 35.6 Å². The number of carbonyl (C=O) groups is 1. The Hall–Kier alpha value is -1.76. The number of amides is 1. The average Bonchev–Trinajstić information content (AvgIpc) is 3.02. The molecular weight excluding hydrogens is 327 g/mol. The van der Waals surface area contributed by atoms with E-state index in [1.54, 1.807) is 12.1 Å². The standard InChI is InChI=1S/C18H21FN2O2S/c19-16-4-1-3-14(11-16)17(22)12-20-6-2-7-21(9-8-20)18(23)15-5-10-24-13-15/h1,3-5,10-11,13,17,22H,2,6-9,12H2. The van der Waals surface area contributed by atoms with Crippen molar-refractivity contribution in [2.24, 2.45) is 0 Å². The Balaban J connectivity index is 1.56. The van der Waals surface area contributed by atoms with Crippen molar-refractivity contribution in [3.63, 3.8) is 0 Å². The van der Waals surface area contributed by atoms with Gasteiger partial charge in [0.05, 0.1) is 11.7 Å². The Morgan fingerprint density at radius 1 is 1.25 bits per heavy atom. The van der Waals surface area contributed by atoms with Crippen molar-refractivity contribution in [2.75, 3.05) is 32.7 Å². The summed E-state index contributed by atoms with van der Waals surface area (Å²) in [5.74, 6) is -0.265. The van der Waals surface area contributed by atoms with E-state index in [0.717, 1.165) is 25.1 Å². The maximum absolute atomic E-state index is 13.3. The highest BCUT2D eigenvalue weighted by Gasteiger charge is 2.22. The molecule has 1 N–H and O–H groups in total. The predicted molar refractivity (Wildman–Crippen MR) is 92.6 cm³/mol. The van der Waals surface area contributed by atoms with Crippen molar-refractivity contribution >= 4 is 17.2 Å². The number of halogens is 1. The van der Waals surface area contributed by atoms with E-state index in [1.165, 1.54) is 23.5 Å². The summed E-state index contributed by atoms with van der Waals surface area (Å²) in [5.41, 5.74) is 1.33. The maximum atomic E-state index is 13.3. The zero-order valence-electron chi connectivity index (χ0n) is 13.4. The topological polar surface area (TPSA) is 43.8 Å². The van der Waals surface area contributed by atoms with Gasteiger partial charge >= 0.3 is 0 Å². The van der Waals surface area contributed by atoms with Crippen molar-refractivity contribution in [3.8, 4) is 0 Å². The lowest BCUT2D eigenvalue weighted by atomic mass is 10.1. The number of hydrogen-bond donors (Lipinski definition) is 1. The van der Waals surface area contributed by atoms with Gasteiger partial charge in [0.25, 0.3) is 5.91 Å². The van der Waals surface area contributed by atoms with Crippen molar-refractivity contribution in [1.29, 1.82) is 0 Å². The van der Waals surface area contributed by atoms with Crippen LogP contribution in [-0.4, -0.2) is 53.5 Å². The molecule has 2 aromatic rings. The van der Waals surface area contributed by atoms with E-state index in [9.17, 15) is 14.3 Å². The van der Waals surface area contributed by atoms with Crippen LogP contribution in [0.5, 0.6) is 0 Å². The molecule has 0 aliphatic carbocycles. The lowest BCUT2D eigenvalue weighted by Gasteiger charge is -2.24. The molecule has 0 radical (unpaired) electrons. The van der Waals surface area contributed by atoms with Crippen LogP contribution in [0.4, 0.5) is 4.39 Å². The molecular formula is C18H21FN2O2S. The highest BCUT2D eigenvalue weighted by atomic mass is 32.1. The number of benzene rings is 1. The van der Waals surface area contributed by atoms with Crippen LogP contribution in [0, 0.1) is 5.82 Å². The Morgan fingerprint density at radius 2 is 2.12 bits per heavy atom. The molecule has 0 spiro atoms. The number of rotatable bonds is 4. The van der Waals surface area contributed by atoms with Crippen LogP contribution in [0.3, 0.4) is 0 Å². The van der Waals surface area contributed by atoms with Crippen LogP contribution < -0.4 is 0 Å². The van der Waals surface area contributed by atoms with Crippen LogP contribution >= 0.6 is 11.3 Å². The number of nitrogens with zero attached hydrogens (tertiary/aromatic N) is 2. The summed E-state index contributed by atoms with van der Waals surface area (Å²) in [6.07, 6.45) is 0.144. The van der Waals surface area contributed by atoms with Crippen LogP contribution in [-0.2, 0) is 0 Å². The second kappa shape index (κ2) is 7.88. The summed E-state index contributed by atoms with van der Waals surface area (Å²) in [6, 6.07) is 7.93. The van der Waals surface area contributed by atoms with Gasteiger partial charge in [0.15, 0.2) is 0 Å². The van der Waals surface area contributed by atoms with E-state index in [-0.39, 0.29) is 11.7 Å². The van der Waals surface area contributed by atoms with Crippen molar-refractivity contribution in [3.05, 3.63) is 58.0 Å². The second-order valence-corrected chi connectivity index (χ2v) is 6.81. The predicted octanol–water partition coefficient (Wildman–Crippen LogP) is 2.77. The lowest BCUT2D eigenvalue weighted by Crippen LogP contribution is -2.36. The summed E-state index contributed by atoms with van der Waals surface area (Å²) in [4.78, 5) is 16.4. The molecule has 24 heavy (non-hydrogen) atoms. The van der Waals surface area contributed by atoms with Crippen LogP contribution in [0.1, 0.15) is 28.4 Å². The van der Waals surface area contributed by atoms with Gasteiger partial charge in [-0.2, -0.15) is 11.3 Å². The molecule has 128 valence electrons. The monoisotopic (exact) mass is 348 g/mol. The number of hydrogen-bond acceptors (Lipinski definition) is 4. The van der Waals surface area contributed by atoms with Crippen LogP contribution in [0.2, 0.25) is 0 Å². The van der Waals surface area contributed by atoms with Crippen molar-refractivity contribution < 1.29 is 14.3 Å². The largest absolute Gasteiger partial charge is 0.387 e. The molecule has 4 nitrogen and oxygen atoms in total. The van der Waals surface area contributed by atoms with Crippen LogP contribution in [0.15, 0.2) is 41.1 Å². The van der Waals surface area contributed by atoms with E-state index >= 15 is 0 Å². The minimum Gasteiger partial charge on any atom is -0.387 e. The molecule has 6 heteroatoms. The zero-order valence-corrected chi connectivity index (χ0v) is 14.2. The van der Waals surface area contributed by atoms with Gasteiger partial charge < -0.3 is 10.0 Å². The van der Waals surface area contributed by atoms with Gasteiger partial charge in [-0.25, -0.2) is 4.39 Å². The first-order valence-electron chi connectivity index (χ1n) is 8.11. The number of aliphatic hydroxyl groups is 1. The van der Waals surface area contributed by atoms with Gasteiger partial charge in [-0.1, -0.05) is 12.1 Å². The highest BCUT2D eigenvalue weighted by Crippen LogP contribution is 2.17. The molecule has 1 aliphatic heterocycles. The first-order valence-corrected chi connectivity index (χ1v) is 9.05. The minimum atomic E-state index is -0.722. The molecule has 0 saturated carbocycles. The third-order valence-corrected chi connectivity index (χ3v) is 4.99. The quantitative estimate of drug-likeness (QED) is 0.924. The summed E-state index contributed by atoms with van der Waals surface area (Å²) in [5, 5.41) is 14.1. The Morgan fingerprint density at radius 3 is 2.88 bits per heavy atom. The molecule has 2 heterocycles. The molecule has 0 bridgehead atoms. The molecule has 1 saturated heterocycles. The number of aliphatic hydroxyl groups excluding tert-OH is 1. The van der Waals surface area contributed by atoms with Crippen LogP contribution in [0.25, 0.3) is 0 Å². The summed E-state index contributed by atoms with van der Waals surface area (Å²) >= 11 is 1.52. The fourth-order valence-corrected chi connectivity index (χ4v) is 3.62. The third-order valence-electron chi connectivity index (χ3n) is 4.31. The van der Waals surface area contributed by atoms with Gasteiger partial charge in [-0.15, -0.1) is 0 Å². The summed E-state index contributed by atoms with van der Waals surface area (Å²) < 4.78 is 13.3. The molecule has 1 atom stereocenters. The molecule has 1 fully saturated rings. The number of carbonyl (C=O) groups excluding carboxylic acids is 1. The van der Waals surface area contributed by atoms with Gasteiger partial charge in [0.1, 0.15) is 5.82 Å². The van der Waals surface area contributed by atoms with Crippen molar-refractivity contribution in [2.45, 2.75) is 12.5 Å².